The maximum atomic E-state index is 5.95. The van der Waals surface area contributed by atoms with Crippen LogP contribution in [0.25, 0.3) is 0 Å². The van der Waals surface area contributed by atoms with Gasteiger partial charge in [0.15, 0.2) is 0 Å². The number of aryl methyl sites for hydroxylation is 3. The highest BCUT2D eigenvalue weighted by Crippen LogP contribution is 2.30. The summed E-state index contributed by atoms with van der Waals surface area (Å²) in [6.07, 6.45) is 0. The number of ether oxygens (including phenoxy) is 1. The van der Waals surface area contributed by atoms with Crippen molar-refractivity contribution in [3.63, 3.8) is 0 Å². The molecule has 3 heteroatoms. The second kappa shape index (κ2) is 5.41. The lowest BCUT2D eigenvalue weighted by molar-refractivity contribution is 0.454. The average Bonchev–Trinajstić information content (AvgIpc) is 2.39. The van der Waals surface area contributed by atoms with E-state index < -0.39 is 0 Å². The molecule has 1 heterocycles. The number of hydrogen-bond donors (Lipinski definition) is 1. The molecule has 0 saturated heterocycles. The molecule has 0 atom stereocenters. The molecule has 0 bridgehead atoms. The van der Waals surface area contributed by atoms with E-state index in [0.29, 0.717) is 12.4 Å². The van der Waals surface area contributed by atoms with Gasteiger partial charge >= 0.3 is 0 Å². The van der Waals surface area contributed by atoms with Crippen molar-refractivity contribution in [1.29, 1.82) is 0 Å². The van der Waals surface area contributed by atoms with E-state index in [1.165, 1.54) is 5.56 Å². The minimum Gasteiger partial charge on any atom is -0.438 e. The van der Waals surface area contributed by atoms with Gasteiger partial charge in [0, 0.05) is 18.3 Å². The first-order chi connectivity index (χ1) is 9.02. The summed E-state index contributed by atoms with van der Waals surface area (Å²) in [6, 6.07) is 8.01. The number of pyridine rings is 1. The predicted octanol–water partition coefficient (Wildman–Crippen LogP) is 3.57. The number of benzene rings is 1. The van der Waals surface area contributed by atoms with Gasteiger partial charge in [0.2, 0.25) is 5.88 Å². The summed E-state index contributed by atoms with van der Waals surface area (Å²) in [5.74, 6) is 1.51. The highest BCUT2D eigenvalue weighted by atomic mass is 16.5. The number of hydrogen-bond acceptors (Lipinski definition) is 3. The monoisotopic (exact) mass is 256 g/mol. The van der Waals surface area contributed by atoms with Crippen molar-refractivity contribution in [3.8, 4) is 11.6 Å². The SMILES string of the molecule is Cc1ccc(C)c(Oc2ccc(CN)c(C)n2)c1C. The van der Waals surface area contributed by atoms with Gasteiger partial charge in [-0.15, -0.1) is 0 Å². The lowest BCUT2D eigenvalue weighted by Crippen LogP contribution is -2.02. The van der Waals surface area contributed by atoms with Crippen LogP contribution in [0.2, 0.25) is 0 Å². The van der Waals surface area contributed by atoms with E-state index in [1.807, 2.05) is 26.0 Å². The Morgan fingerprint density at radius 3 is 2.32 bits per heavy atom. The largest absolute Gasteiger partial charge is 0.438 e. The molecule has 19 heavy (non-hydrogen) atoms. The van der Waals surface area contributed by atoms with Gasteiger partial charge in [-0.2, -0.15) is 0 Å². The van der Waals surface area contributed by atoms with Crippen molar-refractivity contribution < 1.29 is 4.74 Å². The Morgan fingerprint density at radius 2 is 1.68 bits per heavy atom. The predicted molar refractivity (Wildman–Crippen MR) is 77.6 cm³/mol. The van der Waals surface area contributed by atoms with Gasteiger partial charge in [0.05, 0.1) is 0 Å². The molecule has 2 aromatic rings. The van der Waals surface area contributed by atoms with Crippen LogP contribution >= 0.6 is 0 Å². The summed E-state index contributed by atoms with van der Waals surface area (Å²) < 4.78 is 5.95. The summed E-state index contributed by atoms with van der Waals surface area (Å²) in [5.41, 5.74) is 11.1. The van der Waals surface area contributed by atoms with Crippen molar-refractivity contribution in [2.75, 3.05) is 0 Å². The number of nitrogens with two attached hydrogens (primary N) is 1. The van der Waals surface area contributed by atoms with Gasteiger partial charge in [0.1, 0.15) is 5.75 Å². The zero-order valence-electron chi connectivity index (χ0n) is 11.9. The minimum atomic E-state index is 0.502. The molecule has 2 rings (SSSR count). The first kappa shape index (κ1) is 13.6. The summed E-state index contributed by atoms with van der Waals surface area (Å²) in [4.78, 5) is 4.45. The lowest BCUT2D eigenvalue weighted by Gasteiger charge is -2.13. The van der Waals surface area contributed by atoms with E-state index in [-0.39, 0.29) is 0 Å². The van der Waals surface area contributed by atoms with Crippen molar-refractivity contribution in [1.82, 2.24) is 4.98 Å². The van der Waals surface area contributed by atoms with E-state index in [9.17, 15) is 0 Å². The molecular weight excluding hydrogens is 236 g/mol. The third kappa shape index (κ3) is 2.76. The van der Waals surface area contributed by atoms with Gasteiger partial charge in [0.25, 0.3) is 0 Å². The lowest BCUT2D eigenvalue weighted by atomic mass is 10.1. The molecule has 1 aromatic heterocycles. The van der Waals surface area contributed by atoms with E-state index in [0.717, 1.165) is 28.1 Å². The first-order valence-electron chi connectivity index (χ1n) is 6.44. The topological polar surface area (TPSA) is 48.1 Å². The Labute approximate surface area is 114 Å². The van der Waals surface area contributed by atoms with E-state index in [1.54, 1.807) is 0 Å². The van der Waals surface area contributed by atoms with Crippen molar-refractivity contribution >= 4 is 0 Å². The van der Waals surface area contributed by atoms with Crippen molar-refractivity contribution in [2.24, 2.45) is 5.73 Å². The van der Waals surface area contributed by atoms with E-state index >= 15 is 0 Å². The van der Waals surface area contributed by atoms with Gasteiger partial charge in [-0.25, -0.2) is 4.98 Å². The smallest absolute Gasteiger partial charge is 0.219 e. The van der Waals surface area contributed by atoms with Crippen molar-refractivity contribution in [2.45, 2.75) is 34.2 Å². The molecule has 2 N–H and O–H groups in total. The van der Waals surface area contributed by atoms with Gasteiger partial charge in [-0.3, -0.25) is 0 Å². The zero-order chi connectivity index (χ0) is 14.0. The molecule has 100 valence electrons. The quantitative estimate of drug-likeness (QED) is 0.913. The van der Waals surface area contributed by atoms with Gasteiger partial charge in [-0.1, -0.05) is 18.2 Å². The van der Waals surface area contributed by atoms with Crippen LogP contribution in [0.4, 0.5) is 0 Å². The standard InChI is InChI=1S/C16H20N2O/c1-10-5-6-11(2)16(12(10)3)19-15-8-7-14(9-17)13(4)18-15/h5-8H,9,17H2,1-4H3. The Kier molecular flexibility index (Phi) is 3.86. The molecule has 0 spiro atoms. The molecule has 3 nitrogen and oxygen atoms in total. The highest BCUT2D eigenvalue weighted by molar-refractivity contribution is 5.46. The van der Waals surface area contributed by atoms with Crippen molar-refractivity contribution in [3.05, 3.63) is 52.2 Å². The molecule has 0 aliphatic heterocycles. The van der Waals surface area contributed by atoms with Crippen LogP contribution in [0.1, 0.15) is 27.9 Å². The molecule has 0 amide bonds. The first-order valence-corrected chi connectivity index (χ1v) is 6.44. The van der Waals surface area contributed by atoms with Crippen LogP contribution in [0.5, 0.6) is 11.6 Å². The van der Waals surface area contributed by atoms with Crippen LogP contribution < -0.4 is 10.5 Å². The zero-order valence-corrected chi connectivity index (χ0v) is 11.9. The number of rotatable bonds is 3. The molecule has 0 radical (unpaired) electrons. The Morgan fingerprint density at radius 1 is 1.00 bits per heavy atom. The number of aromatic nitrogens is 1. The Bertz CT molecular complexity index is 606. The summed E-state index contributed by atoms with van der Waals surface area (Å²) in [7, 11) is 0. The van der Waals surface area contributed by atoms with Crippen LogP contribution in [0, 0.1) is 27.7 Å². The Balaban J connectivity index is 2.36. The summed E-state index contributed by atoms with van der Waals surface area (Å²) in [6.45, 7) is 8.64. The molecule has 0 saturated carbocycles. The van der Waals surface area contributed by atoms with E-state index in [2.05, 4.69) is 31.0 Å². The molecular formula is C16H20N2O. The second-order valence-corrected chi connectivity index (χ2v) is 4.85. The fourth-order valence-electron chi connectivity index (χ4n) is 2.03. The molecule has 0 aliphatic carbocycles. The second-order valence-electron chi connectivity index (χ2n) is 4.85. The maximum Gasteiger partial charge on any atom is 0.219 e. The molecule has 0 aliphatic rings. The molecule has 0 fully saturated rings. The van der Waals surface area contributed by atoms with E-state index in [4.69, 9.17) is 10.5 Å². The molecule has 0 unspecified atom stereocenters. The fourth-order valence-corrected chi connectivity index (χ4v) is 2.03. The molecule has 1 aromatic carbocycles. The third-order valence-corrected chi connectivity index (χ3v) is 3.47. The van der Waals surface area contributed by atoms with Crippen LogP contribution in [0.3, 0.4) is 0 Å². The normalized spacial score (nSPS) is 10.6. The summed E-state index contributed by atoms with van der Waals surface area (Å²) in [5, 5.41) is 0. The Hall–Kier alpha value is -1.87. The third-order valence-electron chi connectivity index (χ3n) is 3.47. The number of nitrogens with zero attached hydrogens (tertiary/aromatic N) is 1. The summed E-state index contributed by atoms with van der Waals surface area (Å²) >= 11 is 0. The minimum absolute atomic E-state index is 0.502. The van der Waals surface area contributed by atoms with Crippen LogP contribution in [-0.4, -0.2) is 4.98 Å². The van der Waals surface area contributed by atoms with Crippen LogP contribution in [-0.2, 0) is 6.54 Å². The fraction of sp³-hybridized carbons (Fsp3) is 0.312. The van der Waals surface area contributed by atoms with Gasteiger partial charge in [-0.05, 0) is 49.9 Å². The maximum absolute atomic E-state index is 5.95. The highest BCUT2D eigenvalue weighted by Gasteiger charge is 2.09. The van der Waals surface area contributed by atoms with Crippen LogP contribution in [0.15, 0.2) is 24.3 Å². The average molecular weight is 256 g/mol. The van der Waals surface area contributed by atoms with Gasteiger partial charge < -0.3 is 10.5 Å².